The van der Waals surface area contributed by atoms with E-state index < -0.39 is 11.6 Å². The molecule has 1 aliphatic rings. The second kappa shape index (κ2) is 14.9. The third kappa shape index (κ3) is 7.43. The molecule has 10 heteroatoms. The van der Waals surface area contributed by atoms with E-state index in [1.165, 1.54) is 0 Å². The molecule has 2 N–H and O–H groups in total. The maximum atomic E-state index is 14.2. The lowest BCUT2D eigenvalue weighted by molar-refractivity contribution is -0.129. The maximum absolute atomic E-state index is 14.2. The van der Waals surface area contributed by atoms with Crippen LogP contribution in [0.25, 0.3) is 10.4 Å². The number of nitrogens with zero attached hydrogens (tertiary/aromatic N) is 4. The fraction of sp³-hybridized carbons (Fsp3) is 0.355. The standard InChI is InChI=1S/C31H35N5O5/c1-39-19-7-17-33-30(38)31(21-25-11-5-6-12-26(25)22-34-36-32)28(23-9-3-2-4-10-23)41-29(35-31)24-13-15-27(16-14-24)40-20-8-18-37/h2-6,9-16,28,37H,7-8,17-22H2,1H3,(H,33,38)/t28-,31-/m1/s1. The second-order valence-corrected chi connectivity index (χ2v) is 9.64. The van der Waals surface area contributed by atoms with Crippen LogP contribution in [0.3, 0.4) is 0 Å². The Balaban J connectivity index is 1.77. The van der Waals surface area contributed by atoms with Crippen molar-refractivity contribution in [3.8, 4) is 5.75 Å². The lowest BCUT2D eigenvalue weighted by atomic mass is 9.81. The molecule has 0 aromatic heterocycles. The van der Waals surface area contributed by atoms with Crippen molar-refractivity contribution < 1.29 is 24.1 Å². The average Bonchev–Trinajstić information content (AvgIpc) is 3.40. The Morgan fingerprint density at radius 1 is 1.05 bits per heavy atom. The van der Waals surface area contributed by atoms with Crippen molar-refractivity contribution in [2.24, 2.45) is 10.1 Å². The zero-order chi connectivity index (χ0) is 28.9. The van der Waals surface area contributed by atoms with Gasteiger partial charge >= 0.3 is 0 Å². The first kappa shape index (κ1) is 29.6. The van der Waals surface area contributed by atoms with Crippen LogP contribution in [0.15, 0.2) is 89.0 Å². The van der Waals surface area contributed by atoms with Crippen molar-refractivity contribution in [1.82, 2.24) is 5.32 Å². The highest BCUT2D eigenvalue weighted by Gasteiger charge is 2.53. The molecule has 0 saturated carbocycles. The van der Waals surface area contributed by atoms with Crippen molar-refractivity contribution >= 4 is 11.8 Å². The topological polar surface area (TPSA) is 138 Å². The minimum absolute atomic E-state index is 0.0607. The number of hydrogen-bond acceptors (Lipinski definition) is 7. The Morgan fingerprint density at radius 3 is 2.49 bits per heavy atom. The van der Waals surface area contributed by atoms with Crippen LogP contribution in [0, 0.1) is 0 Å². The van der Waals surface area contributed by atoms with Crippen LogP contribution in [0.1, 0.15) is 41.2 Å². The third-order valence-corrected chi connectivity index (χ3v) is 6.83. The highest BCUT2D eigenvalue weighted by atomic mass is 16.5. The van der Waals surface area contributed by atoms with Crippen molar-refractivity contribution in [2.75, 3.05) is 33.5 Å². The summed E-state index contributed by atoms with van der Waals surface area (Å²) in [5.74, 6) is 0.745. The molecule has 0 unspecified atom stereocenters. The van der Waals surface area contributed by atoms with Gasteiger partial charge < -0.3 is 24.6 Å². The number of azide groups is 1. The molecule has 0 aliphatic carbocycles. The predicted octanol–water partition coefficient (Wildman–Crippen LogP) is 4.91. The largest absolute Gasteiger partial charge is 0.494 e. The van der Waals surface area contributed by atoms with Gasteiger partial charge in [0.05, 0.1) is 13.2 Å². The third-order valence-electron chi connectivity index (χ3n) is 6.83. The zero-order valence-electron chi connectivity index (χ0n) is 23.1. The first-order valence-corrected chi connectivity index (χ1v) is 13.6. The number of amides is 1. The summed E-state index contributed by atoms with van der Waals surface area (Å²) in [6.07, 6.45) is 0.705. The van der Waals surface area contributed by atoms with Gasteiger partial charge in [-0.1, -0.05) is 59.7 Å². The van der Waals surface area contributed by atoms with Crippen LogP contribution in [0.4, 0.5) is 0 Å². The lowest BCUT2D eigenvalue weighted by Gasteiger charge is -2.31. The van der Waals surface area contributed by atoms with E-state index in [1.54, 1.807) is 7.11 Å². The molecule has 0 radical (unpaired) electrons. The van der Waals surface area contributed by atoms with Gasteiger partial charge in [0.25, 0.3) is 5.91 Å². The van der Waals surface area contributed by atoms with Crippen molar-refractivity contribution in [3.05, 3.63) is 112 Å². The van der Waals surface area contributed by atoms with Gasteiger partial charge in [-0.05, 0) is 52.9 Å². The molecule has 0 saturated heterocycles. The Morgan fingerprint density at radius 2 is 1.78 bits per heavy atom. The SMILES string of the molecule is COCCCNC(=O)[C@]1(Cc2ccccc2CN=[N+]=[N-])N=C(c2ccc(OCCCO)cc2)O[C@@H]1c1ccccc1. The maximum Gasteiger partial charge on any atom is 0.252 e. The van der Waals surface area contributed by atoms with Crippen molar-refractivity contribution in [2.45, 2.75) is 37.5 Å². The molecule has 41 heavy (non-hydrogen) atoms. The minimum atomic E-state index is -1.34. The van der Waals surface area contributed by atoms with Gasteiger partial charge in [0.2, 0.25) is 5.90 Å². The molecule has 3 aromatic carbocycles. The Bertz CT molecular complexity index is 1360. The normalized spacial score (nSPS) is 17.7. The van der Waals surface area contributed by atoms with Crippen LogP contribution in [0.5, 0.6) is 5.75 Å². The number of nitrogens with one attached hydrogen (secondary N) is 1. The highest BCUT2D eigenvalue weighted by Crippen LogP contribution is 2.43. The van der Waals surface area contributed by atoms with E-state index in [2.05, 4.69) is 15.3 Å². The molecule has 3 aromatic rings. The fourth-order valence-corrected chi connectivity index (χ4v) is 4.76. The summed E-state index contributed by atoms with van der Waals surface area (Å²) in [5.41, 5.74) is 10.8. The summed E-state index contributed by atoms with van der Waals surface area (Å²) < 4.78 is 17.4. The number of rotatable bonds is 15. The molecular weight excluding hydrogens is 522 g/mol. The molecule has 0 bridgehead atoms. The Kier molecular flexibility index (Phi) is 10.7. The van der Waals surface area contributed by atoms with Crippen LogP contribution >= 0.6 is 0 Å². The van der Waals surface area contributed by atoms with E-state index in [4.69, 9.17) is 29.8 Å². The quantitative estimate of drug-likeness (QED) is 0.118. The molecule has 1 amide bonds. The molecule has 1 heterocycles. The first-order valence-electron chi connectivity index (χ1n) is 13.6. The number of carbonyl (C=O) groups excluding carboxylic acids is 1. The minimum Gasteiger partial charge on any atom is -0.494 e. The van der Waals surface area contributed by atoms with Gasteiger partial charge in [0.15, 0.2) is 11.6 Å². The fourth-order valence-electron chi connectivity index (χ4n) is 4.76. The smallest absolute Gasteiger partial charge is 0.252 e. The van der Waals surface area contributed by atoms with Gasteiger partial charge in [0.1, 0.15) is 5.75 Å². The average molecular weight is 558 g/mol. The molecular formula is C31H35N5O5. The first-order chi connectivity index (χ1) is 20.1. The summed E-state index contributed by atoms with van der Waals surface area (Å²) in [4.78, 5) is 22.1. The number of aliphatic hydroxyl groups is 1. The van der Waals surface area contributed by atoms with E-state index in [0.717, 1.165) is 16.7 Å². The van der Waals surface area contributed by atoms with Gasteiger partial charge in [-0.25, -0.2) is 4.99 Å². The molecule has 0 fully saturated rings. The van der Waals surface area contributed by atoms with Crippen molar-refractivity contribution in [1.29, 1.82) is 0 Å². The van der Waals surface area contributed by atoms with Gasteiger partial charge in [-0.15, -0.1) is 0 Å². The van der Waals surface area contributed by atoms with Crippen LogP contribution in [-0.2, 0) is 27.2 Å². The molecule has 4 rings (SSSR count). The second-order valence-electron chi connectivity index (χ2n) is 9.64. The molecule has 10 nitrogen and oxygen atoms in total. The van der Waals surface area contributed by atoms with Crippen molar-refractivity contribution in [3.63, 3.8) is 0 Å². The van der Waals surface area contributed by atoms with E-state index in [1.807, 2.05) is 78.9 Å². The molecule has 1 aliphatic heterocycles. The predicted molar refractivity (Wildman–Crippen MR) is 156 cm³/mol. The number of hydrogen-bond donors (Lipinski definition) is 2. The molecule has 2 atom stereocenters. The Labute approximate surface area is 239 Å². The number of benzene rings is 3. The molecule has 214 valence electrons. The monoisotopic (exact) mass is 557 g/mol. The van der Waals surface area contributed by atoms with E-state index >= 15 is 0 Å². The number of aliphatic imine (C=N–C) groups is 1. The summed E-state index contributed by atoms with van der Waals surface area (Å²) in [6, 6.07) is 24.5. The highest BCUT2D eigenvalue weighted by molar-refractivity contribution is 6.01. The molecule has 0 spiro atoms. The number of carbonyl (C=O) groups is 1. The van der Waals surface area contributed by atoms with Gasteiger partial charge in [-0.3, -0.25) is 4.79 Å². The van der Waals surface area contributed by atoms with Gasteiger partial charge in [0, 0.05) is 50.2 Å². The summed E-state index contributed by atoms with van der Waals surface area (Å²) in [5, 5.41) is 15.8. The van der Waals surface area contributed by atoms with Crippen LogP contribution < -0.4 is 10.1 Å². The lowest BCUT2D eigenvalue weighted by Crippen LogP contribution is -2.50. The van der Waals surface area contributed by atoms with Crippen LogP contribution in [0.2, 0.25) is 0 Å². The summed E-state index contributed by atoms with van der Waals surface area (Å²) >= 11 is 0. The summed E-state index contributed by atoms with van der Waals surface area (Å²) in [6.45, 7) is 1.56. The van der Waals surface area contributed by atoms with Gasteiger partial charge in [-0.2, -0.15) is 0 Å². The number of aliphatic hydroxyl groups excluding tert-OH is 1. The number of ether oxygens (including phenoxy) is 3. The zero-order valence-corrected chi connectivity index (χ0v) is 23.1. The van der Waals surface area contributed by atoms with E-state index in [-0.39, 0.29) is 25.5 Å². The number of methoxy groups -OCH3 is 1. The van der Waals surface area contributed by atoms with E-state index in [9.17, 15) is 4.79 Å². The van der Waals surface area contributed by atoms with E-state index in [0.29, 0.717) is 49.8 Å². The summed E-state index contributed by atoms with van der Waals surface area (Å²) in [7, 11) is 1.62. The van der Waals surface area contributed by atoms with Crippen LogP contribution in [-0.4, -0.2) is 55.9 Å². The Hall–Kier alpha value is -4.37.